The molecular weight excluding hydrogens is 264 g/mol. The van der Waals surface area contributed by atoms with Crippen LogP contribution in [-0.2, 0) is 9.53 Å². The van der Waals surface area contributed by atoms with Gasteiger partial charge in [0.15, 0.2) is 0 Å². The summed E-state index contributed by atoms with van der Waals surface area (Å²) in [4.78, 5) is 12.0. The third kappa shape index (κ3) is 2.76. The lowest BCUT2D eigenvalue weighted by Crippen LogP contribution is -2.53. The summed E-state index contributed by atoms with van der Waals surface area (Å²) in [6, 6.07) is 7.69. The lowest BCUT2D eigenvalue weighted by atomic mass is 9.99. The van der Waals surface area contributed by atoms with Crippen LogP contribution in [0, 0.1) is 5.92 Å². The van der Waals surface area contributed by atoms with Gasteiger partial charge in [-0.3, -0.25) is 4.79 Å². The second kappa shape index (κ2) is 5.49. The van der Waals surface area contributed by atoms with Gasteiger partial charge in [0.2, 0.25) is 5.91 Å². The van der Waals surface area contributed by atoms with Crippen molar-refractivity contribution in [1.82, 2.24) is 10.6 Å². The number of nitrogens with one attached hydrogen (secondary N) is 2. The quantitative estimate of drug-likeness (QED) is 0.882. The van der Waals surface area contributed by atoms with Crippen LogP contribution in [0.1, 0.15) is 18.1 Å². The monoisotopic (exact) mass is 280 g/mol. The van der Waals surface area contributed by atoms with E-state index in [1.54, 1.807) is 0 Å². The minimum Gasteiger partial charge on any atom is -0.371 e. The van der Waals surface area contributed by atoms with E-state index in [2.05, 4.69) is 10.6 Å². The molecule has 0 spiro atoms. The number of rotatable bonds is 3. The fourth-order valence-electron chi connectivity index (χ4n) is 2.49. The summed E-state index contributed by atoms with van der Waals surface area (Å²) in [5, 5.41) is 6.93. The van der Waals surface area contributed by atoms with Crippen molar-refractivity contribution in [2.24, 2.45) is 5.92 Å². The molecule has 2 N–H and O–H groups in total. The third-order valence-corrected chi connectivity index (χ3v) is 4.02. The fraction of sp³-hybridized carbons (Fsp3) is 0.500. The second-order valence-electron chi connectivity index (χ2n) is 5.10. The van der Waals surface area contributed by atoms with E-state index in [9.17, 15) is 4.79 Å². The van der Waals surface area contributed by atoms with Crippen LogP contribution in [0.4, 0.5) is 0 Å². The minimum absolute atomic E-state index is 0.0609. The first-order valence-electron chi connectivity index (χ1n) is 6.62. The molecule has 2 fully saturated rings. The number of halogens is 1. The molecule has 2 unspecified atom stereocenters. The van der Waals surface area contributed by atoms with Gasteiger partial charge in [-0.25, -0.2) is 0 Å². The van der Waals surface area contributed by atoms with Crippen molar-refractivity contribution in [3.63, 3.8) is 0 Å². The van der Waals surface area contributed by atoms with E-state index >= 15 is 0 Å². The molecule has 5 heteroatoms. The van der Waals surface area contributed by atoms with E-state index in [0.29, 0.717) is 11.6 Å². The van der Waals surface area contributed by atoms with Crippen molar-refractivity contribution < 1.29 is 9.53 Å². The molecule has 2 heterocycles. The topological polar surface area (TPSA) is 50.4 Å². The molecule has 0 aromatic heterocycles. The Balaban J connectivity index is 1.67. The van der Waals surface area contributed by atoms with Crippen LogP contribution in [0.3, 0.4) is 0 Å². The second-order valence-corrected chi connectivity index (χ2v) is 5.54. The predicted octanol–water partition coefficient (Wildman–Crippen LogP) is 1.51. The van der Waals surface area contributed by atoms with Gasteiger partial charge in [0.05, 0.1) is 12.0 Å². The Bertz CT molecular complexity index is 459. The Morgan fingerprint density at radius 2 is 2.05 bits per heavy atom. The molecule has 0 saturated carbocycles. The van der Waals surface area contributed by atoms with E-state index in [0.717, 1.165) is 25.1 Å². The maximum atomic E-state index is 12.0. The summed E-state index contributed by atoms with van der Waals surface area (Å²) in [6.07, 6.45) is 0.799. The molecule has 3 rings (SSSR count). The summed E-state index contributed by atoms with van der Waals surface area (Å²) >= 11 is 5.89. The van der Waals surface area contributed by atoms with Crippen molar-refractivity contribution >= 4 is 17.5 Å². The number of carbonyl (C=O) groups is 1. The highest BCUT2D eigenvalue weighted by atomic mass is 35.5. The number of amides is 1. The van der Waals surface area contributed by atoms with Crippen LogP contribution < -0.4 is 10.6 Å². The van der Waals surface area contributed by atoms with Gasteiger partial charge in [0.25, 0.3) is 0 Å². The van der Waals surface area contributed by atoms with E-state index in [4.69, 9.17) is 16.3 Å². The minimum atomic E-state index is -0.0609. The highest BCUT2D eigenvalue weighted by Gasteiger charge is 2.33. The molecule has 1 amide bonds. The molecule has 0 aliphatic carbocycles. The number of hydrogen-bond donors (Lipinski definition) is 2. The lowest BCUT2D eigenvalue weighted by molar-refractivity contribution is -0.127. The molecule has 0 bridgehead atoms. The Morgan fingerprint density at radius 1 is 1.32 bits per heavy atom. The average molecular weight is 281 g/mol. The van der Waals surface area contributed by atoms with Crippen LogP contribution in [0.5, 0.6) is 0 Å². The van der Waals surface area contributed by atoms with Gasteiger partial charge >= 0.3 is 0 Å². The number of benzene rings is 1. The summed E-state index contributed by atoms with van der Waals surface area (Å²) in [5.41, 5.74) is 1.07. The van der Waals surface area contributed by atoms with Crippen LogP contribution in [0.25, 0.3) is 0 Å². The SMILES string of the molecule is O=C(NC1CCOC1c1ccc(Cl)cc1)C1CNC1. The number of carbonyl (C=O) groups excluding carboxylic acids is 1. The largest absolute Gasteiger partial charge is 0.371 e. The van der Waals surface area contributed by atoms with E-state index in [1.165, 1.54) is 0 Å². The van der Waals surface area contributed by atoms with Gasteiger partial charge in [0, 0.05) is 24.7 Å². The van der Waals surface area contributed by atoms with Crippen LogP contribution in [0.2, 0.25) is 5.02 Å². The van der Waals surface area contributed by atoms with Crippen LogP contribution >= 0.6 is 11.6 Å². The van der Waals surface area contributed by atoms with Gasteiger partial charge in [0.1, 0.15) is 6.10 Å². The van der Waals surface area contributed by atoms with Crippen molar-refractivity contribution in [3.8, 4) is 0 Å². The lowest BCUT2D eigenvalue weighted by Gasteiger charge is -2.28. The molecule has 4 nitrogen and oxygen atoms in total. The maximum Gasteiger partial charge on any atom is 0.226 e. The van der Waals surface area contributed by atoms with Gasteiger partial charge in [-0.05, 0) is 24.1 Å². The van der Waals surface area contributed by atoms with E-state index in [-0.39, 0.29) is 24.0 Å². The smallest absolute Gasteiger partial charge is 0.226 e. The predicted molar refractivity (Wildman–Crippen MR) is 73.1 cm³/mol. The molecule has 2 aliphatic heterocycles. The molecule has 102 valence electrons. The Hall–Kier alpha value is -1.10. The standard InChI is InChI=1S/C14H17ClN2O2/c15-11-3-1-9(2-4-11)13-12(5-6-19-13)17-14(18)10-7-16-8-10/h1-4,10,12-13,16H,5-8H2,(H,17,18). The molecule has 0 radical (unpaired) electrons. The molecule has 1 aromatic rings. The molecule has 2 aliphatic rings. The highest BCUT2D eigenvalue weighted by Crippen LogP contribution is 2.30. The summed E-state index contributed by atoms with van der Waals surface area (Å²) in [5.74, 6) is 0.250. The summed E-state index contributed by atoms with van der Waals surface area (Å²) in [7, 11) is 0. The van der Waals surface area contributed by atoms with Crippen molar-refractivity contribution in [3.05, 3.63) is 34.9 Å². The Morgan fingerprint density at radius 3 is 2.68 bits per heavy atom. The summed E-state index contributed by atoms with van der Waals surface area (Å²) < 4.78 is 5.75. The van der Waals surface area contributed by atoms with Crippen LogP contribution in [0.15, 0.2) is 24.3 Å². The number of hydrogen-bond acceptors (Lipinski definition) is 3. The van der Waals surface area contributed by atoms with Gasteiger partial charge in [-0.15, -0.1) is 0 Å². The molecule has 2 saturated heterocycles. The van der Waals surface area contributed by atoms with E-state index in [1.807, 2.05) is 24.3 Å². The van der Waals surface area contributed by atoms with Gasteiger partial charge < -0.3 is 15.4 Å². The highest BCUT2D eigenvalue weighted by molar-refractivity contribution is 6.30. The third-order valence-electron chi connectivity index (χ3n) is 3.77. The van der Waals surface area contributed by atoms with Crippen molar-refractivity contribution in [2.75, 3.05) is 19.7 Å². The average Bonchev–Trinajstić information content (AvgIpc) is 2.76. The van der Waals surface area contributed by atoms with Crippen LogP contribution in [-0.4, -0.2) is 31.6 Å². The van der Waals surface area contributed by atoms with Gasteiger partial charge in [-0.1, -0.05) is 23.7 Å². The molecule has 2 atom stereocenters. The van der Waals surface area contributed by atoms with E-state index < -0.39 is 0 Å². The Labute approximate surface area is 117 Å². The Kier molecular flexibility index (Phi) is 3.73. The van der Waals surface area contributed by atoms with Gasteiger partial charge in [-0.2, -0.15) is 0 Å². The first kappa shape index (κ1) is 12.9. The molecular formula is C14H17ClN2O2. The van der Waals surface area contributed by atoms with Crippen molar-refractivity contribution in [1.29, 1.82) is 0 Å². The normalized spacial score (nSPS) is 27.0. The molecule has 1 aromatic carbocycles. The zero-order valence-electron chi connectivity index (χ0n) is 10.6. The maximum absolute atomic E-state index is 12.0. The first-order valence-corrected chi connectivity index (χ1v) is 7.00. The summed E-state index contributed by atoms with van der Waals surface area (Å²) in [6.45, 7) is 2.25. The first-order chi connectivity index (χ1) is 9.24. The zero-order valence-corrected chi connectivity index (χ0v) is 11.3. The fourth-order valence-corrected chi connectivity index (χ4v) is 2.62. The number of ether oxygens (including phenoxy) is 1. The zero-order chi connectivity index (χ0) is 13.2. The molecule has 19 heavy (non-hydrogen) atoms. The van der Waals surface area contributed by atoms with Crippen molar-refractivity contribution in [2.45, 2.75) is 18.6 Å².